The summed E-state index contributed by atoms with van der Waals surface area (Å²) in [7, 11) is -3.71. The second-order valence-corrected chi connectivity index (χ2v) is 5.72. The van der Waals surface area contributed by atoms with Gasteiger partial charge in [0.1, 0.15) is 0 Å². The van der Waals surface area contributed by atoms with Crippen LogP contribution in [-0.2, 0) is 10.2 Å². The van der Waals surface area contributed by atoms with Crippen molar-refractivity contribution in [3.05, 3.63) is 34.2 Å². The van der Waals surface area contributed by atoms with Crippen LogP contribution in [0.15, 0.2) is 23.1 Å². The van der Waals surface area contributed by atoms with E-state index >= 15 is 0 Å². The normalized spacial score (nSPS) is 17.4. The molecule has 3 N–H and O–H groups in total. The molecule has 0 atom stereocenters. The standard InChI is InChI=1S/C10H14N4O4S/c11-19(17,18)14-5-3-13(4-6-14)10(16)8-1-2-12-9(15)7-8/h1-2,7H,3-6H2,(H,12,15)(H2,11,17,18). The van der Waals surface area contributed by atoms with Crippen molar-refractivity contribution in [2.24, 2.45) is 5.14 Å². The van der Waals surface area contributed by atoms with E-state index in [1.807, 2.05) is 0 Å². The van der Waals surface area contributed by atoms with Gasteiger partial charge < -0.3 is 9.88 Å². The summed E-state index contributed by atoms with van der Waals surface area (Å²) in [4.78, 5) is 27.1. The molecule has 1 aromatic rings. The van der Waals surface area contributed by atoms with Crippen molar-refractivity contribution >= 4 is 16.1 Å². The fourth-order valence-corrected chi connectivity index (χ4v) is 2.58. The van der Waals surface area contributed by atoms with Gasteiger partial charge in [0.05, 0.1) is 0 Å². The quantitative estimate of drug-likeness (QED) is 0.676. The Balaban J connectivity index is 2.06. The number of H-pyrrole nitrogens is 1. The molecule has 8 nitrogen and oxygen atoms in total. The zero-order valence-corrected chi connectivity index (χ0v) is 10.9. The molecule has 0 aliphatic carbocycles. The number of hydrogen-bond acceptors (Lipinski definition) is 4. The minimum atomic E-state index is -3.71. The highest BCUT2D eigenvalue weighted by atomic mass is 32.2. The summed E-state index contributed by atoms with van der Waals surface area (Å²) >= 11 is 0. The maximum Gasteiger partial charge on any atom is 0.277 e. The number of aromatic amines is 1. The third-order valence-corrected chi connectivity index (χ3v) is 3.99. The highest BCUT2D eigenvalue weighted by Gasteiger charge is 2.26. The van der Waals surface area contributed by atoms with Gasteiger partial charge in [0.2, 0.25) is 5.56 Å². The van der Waals surface area contributed by atoms with Crippen LogP contribution in [0.1, 0.15) is 10.4 Å². The monoisotopic (exact) mass is 286 g/mol. The number of pyridine rings is 1. The topological polar surface area (TPSA) is 117 Å². The summed E-state index contributed by atoms with van der Waals surface area (Å²) in [6.07, 6.45) is 1.40. The zero-order chi connectivity index (χ0) is 14.0. The minimum Gasteiger partial charge on any atom is -0.336 e. The Kier molecular flexibility index (Phi) is 3.69. The SMILES string of the molecule is NS(=O)(=O)N1CCN(C(=O)c2cc[nH]c(=O)c2)CC1. The molecule has 19 heavy (non-hydrogen) atoms. The van der Waals surface area contributed by atoms with Gasteiger partial charge in [0.25, 0.3) is 16.1 Å². The van der Waals surface area contributed by atoms with Crippen LogP contribution in [0.5, 0.6) is 0 Å². The van der Waals surface area contributed by atoms with Crippen molar-refractivity contribution in [2.45, 2.75) is 0 Å². The van der Waals surface area contributed by atoms with Gasteiger partial charge >= 0.3 is 0 Å². The lowest BCUT2D eigenvalue weighted by atomic mass is 10.2. The number of nitrogens with two attached hydrogens (primary N) is 1. The molecular weight excluding hydrogens is 272 g/mol. The predicted octanol–water partition coefficient (Wildman–Crippen LogP) is -1.66. The third kappa shape index (κ3) is 3.19. The van der Waals surface area contributed by atoms with Crippen molar-refractivity contribution < 1.29 is 13.2 Å². The van der Waals surface area contributed by atoms with Gasteiger partial charge in [-0.15, -0.1) is 0 Å². The zero-order valence-electron chi connectivity index (χ0n) is 10.1. The Morgan fingerprint density at radius 3 is 2.42 bits per heavy atom. The van der Waals surface area contributed by atoms with Crippen molar-refractivity contribution in [1.82, 2.24) is 14.2 Å². The van der Waals surface area contributed by atoms with Gasteiger partial charge in [-0.25, -0.2) is 5.14 Å². The number of aromatic nitrogens is 1. The molecule has 104 valence electrons. The molecule has 1 saturated heterocycles. The first-order valence-electron chi connectivity index (χ1n) is 5.64. The van der Waals surface area contributed by atoms with Crippen LogP contribution in [0.3, 0.4) is 0 Å². The van der Waals surface area contributed by atoms with Crippen molar-refractivity contribution in [3.63, 3.8) is 0 Å². The largest absolute Gasteiger partial charge is 0.336 e. The Morgan fingerprint density at radius 2 is 1.89 bits per heavy atom. The number of piperazine rings is 1. The molecule has 0 radical (unpaired) electrons. The second-order valence-electron chi connectivity index (χ2n) is 4.18. The van der Waals surface area contributed by atoms with Crippen LogP contribution in [0, 0.1) is 0 Å². The lowest BCUT2D eigenvalue weighted by Gasteiger charge is -2.32. The van der Waals surface area contributed by atoms with E-state index in [0.717, 1.165) is 4.31 Å². The van der Waals surface area contributed by atoms with Crippen LogP contribution in [0.25, 0.3) is 0 Å². The summed E-state index contributed by atoms with van der Waals surface area (Å²) in [5.74, 6) is -0.292. The van der Waals surface area contributed by atoms with Crippen molar-refractivity contribution in [2.75, 3.05) is 26.2 Å². The highest BCUT2D eigenvalue weighted by Crippen LogP contribution is 2.08. The molecule has 0 unspecified atom stereocenters. The van der Waals surface area contributed by atoms with Crippen LogP contribution < -0.4 is 10.7 Å². The number of nitrogens with one attached hydrogen (secondary N) is 1. The summed E-state index contributed by atoms with van der Waals surface area (Å²) in [5, 5.41) is 5.01. The molecule has 1 aromatic heterocycles. The van der Waals surface area contributed by atoms with Crippen LogP contribution in [-0.4, -0.2) is 54.7 Å². The van der Waals surface area contributed by atoms with E-state index in [-0.39, 0.29) is 43.2 Å². The molecule has 9 heteroatoms. The minimum absolute atomic E-state index is 0.160. The molecule has 2 rings (SSSR count). The Morgan fingerprint density at radius 1 is 1.26 bits per heavy atom. The lowest BCUT2D eigenvalue weighted by molar-refractivity contribution is 0.0697. The molecule has 0 spiro atoms. The highest BCUT2D eigenvalue weighted by molar-refractivity contribution is 7.86. The van der Waals surface area contributed by atoms with E-state index in [9.17, 15) is 18.0 Å². The van der Waals surface area contributed by atoms with Gasteiger partial charge in [0, 0.05) is 44.0 Å². The first-order chi connectivity index (χ1) is 8.88. The van der Waals surface area contributed by atoms with E-state index in [2.05, 4.69) is 4.98 Å². The van der Waals surface area contributed by atoms with Gasteiger partial charge in [-0.2, -0.15) is 12.7 Å². The van der Waals surface area contributed by atoms with E-state index in [4.69, 9.17) is 5.14 Å². The molecule has 0 bridgehead atoms. The molecule has 1 fully saturated rings. The van der Waals surface area contributed by atoms with Gasteiger partial charge in [-0.05, 0) is 6.07 Å². The molecule has 1 aliphatic rings. The molecule has 0 saturated carbocycles. The van der Waals surface area contributed by atoms with Crippen LogP contribution >= 0.6 is 0 Å². The molecule has 1 aliphatic heterocycles. The molecule has 1 amide bonds. The number of nitrogens with zero attached hydrogens (tertiary/aromatic N) is 2. The van der Waals surface area contributed by atoms with E-state index in [1.165, 1.54) is 23.2 Å². The molecular formula is C10H14N4O4S. The number of amides is 1. The first-order valence-corrected chi connectivity index (χ1v) is 7.14. The summed E-state index contributed by atoms with van der Waals surface area (Å²) < 4.78 is 23.4. The van der Waals surface area contributed by atoms with E-state index in [0.29, 0.717) is 0 Å². The van der Waals surface area contributed by atoms with Crippen LogP contribution in [0.4, 0.5) is 0 Å². The molecule has 0 aromatic carbocycles. The average Bonchev–Trinajstić information content (AvgIpc) is 2.37. The van der Waals surface area contributed by atoms with E-state index in [1.54, 1.807) is 0 Å². The Bertz CT molecular complexity index is 631. The maximum atomic E-state index is 12.1. The number of hydrogen-bond donors (Lipinski definition) is 2. The van der Waals surface area contributed by atoms with E-state index < -0.39 is 10.2 Å². The van der Waals surface area contributed by atoms with Gasteiger partial charge in [-0.3, -0.25) is 9.59 Å². The number of carbonyl (C=O) groups excluding carboxylic acids is 1. The summed E-state index contributed by atoms with van der Waals surface area (Å²) in [6, 6.07) is 2.73. The van der Waals surface area contributed by atoms with Gasteiger partial charge in [0.15, 0.2) is 0 Å². The third-order valence-electron chi connectivity index (χ3n) is 2.91. The lowest BCUT2D eigenvalue weighted by Crippen LogP contribution is -2.52. The fraction of sp³-hybridized carbons (Fsp3) is 0.400. The smallest absolute Gasteiger partial charge is 0.277 e. The summed E-state index contributed by atoms with van der Waals surface area (Å²) in [5.41, 5.74) is -0.0678. The Labute approximate surface area is 110 Å². The van der Waals surface area contributed by atoms with Crippen molar-refractivity contribution in [1.29, 1.82) is 0 Å². The maximum absolute atomic E-state index is 12.1. The summed E-state index contributed by atoms with van der Waals surface area (Å²) in [6.45, 7) is 0.825. The fourth-order valence-electron chi connectivity index (χ4n) is 1.91. The van der Waals surface area contributed by atoms with Crippen molar-refractivity contribution in [3.8, 4) is 0 Å². The number of rotatable bonds is 2. The van der Waals surface area contributed by atoms with Crippen LogP contribution in [0.2, 0.25) is 0 Å². The molecule has 2 heterocycles. The first kappa shape index (κ1) is 13.7. The Hall–Kier alpha value is -1.71. The number of carbonyl (C=O) groups is 1. The second kappa shape index (κ2) is 5.11. The predicted molar refractivity (Wildman–Crippen MR) is 67.6 cm³/mol. The average molecular weight is 286 g/mol. The van der Waals surface area contributed by atoms with Gasteiger partial charge in [-0.1, -0.05) is 0 Å².